The van der Waals surface area contributed by atoms with Gasteiger partial charge in [0.2, 0.25) is 5.91 Å². The molecule has 1 unspecified atom stereocenters. The van der Waals surface area contributed by atoms with E-state index in [4.69, 9.17) is 0 Å². The fraction of sp³-hybridized carbons (Fsp3) is 0.300. The molecular formula is C10H12BrNOS. The molecule has 0 fully saturated rings. The van der Waals surface area contributed by atoms with Crippen LogP contribution in [0.15, 0.2) is 28.7 Å². The first-order valence-corrected chi connectivity index (χ1v) is 5.61. The van der Waals surface area contributed by atoms with E-state index < -0.39 is 0 Å². The monoisotopic (exact) mass is 273 g/mol. The van der Waals surface area contributed by atoms with E-state index in [0.29, 0.717) is 6.54 Å². The van der Waals surface area contributed by atoms with E-state index in [1.165, 1.54) is 0 Å². The second kappa shape index (κ2) is 5.41. The third kappa shape index (κ3) is 3.35. The Labute approximate surface area is 97.6 Å². The zero-order valence-corrected chi connectivity index (χ0v) is 10.3. The highest BCUT2D eigenvalue weighted by molar-refractivity contribution is 9.10. The van der Waals surface area contributed by atoms with Gasteiger partial charge in [0.25, 0.3) is 0 Å². The summed E-state index contributed by atoms with van der Waals surface area (Å²) in [5.41, 5.74) is 1.06. The minimum atomic E-state index is -0.266. The van der Waals surface area contributed by atoms with Gasteiger partial charge in [-0.1, -0.05) is 34.1 Å². The molecule has 1 atom stereocenters. The lowest BCUT2D eigenvalue weighted by molar-refractivity contribution is -0.120. The molecule has 0 saturated carbocycles. The SMILES string of the molecule is CC(S)C(=O)NCc1ccccc1Br. The third-order valence-electron chi connectivity index (χ3n) is 1.79. The maximum atomic E-state index is 11.2. The van der Waals surface area contributed by atoms with Crippen molar-refractivity contribution >= 4 is 34.5 Å². The van der Waals surface area contributed by atoms with Gasteiger partial charge in [0, 0.05) is 11.0 Å². The van der Waals surface area contributed by atoms with Gasteiger partial charge in [-0.2, -0.15) is 12.6 Å². The summed E-state index contributed by atoms with van der Waals surface area (Å²) in [6.45, 7) is 2.28. The van der Waals surface area contributed by atoms with E-state index in [2.05, 4.69) is 33.9 Å². The van der Waals surface area contributed by atoms with Gasteiger partial charge >= 0.3 is 0 Å². The molecule has 1 aromatic rings. The van der Waals surface area contributed by atoms with Crippen molar-refractivity contribution in [2.24, 2.45) is 0 Å². The van der Waals surface area contributed by atoms with E-state index in [0.717, 1.165) is 10.0 Å². The first-order chi connectivity index (χ1) is 6.61. The molecule has 0 heterocycles. The predicted octanol–water partition coefficient (Wildman–Crippen LogP) is 2.38. The van der Waals surface area contributed by atoms with Crippen molar-refractivity contribution in [1.82, 2.24) is 5.32 Å². The Morgan fingerprint density at radius 2 is 2.21 bits per heavy atom. The summed E-state index contributed by atoms with van der Waals surface area (Å²) in [4.78, 5) is 11.2. The van der Waals surface area contributed by atoms with Gasteiger partial charge in [0.1, 0.15) is 0 Å². The standard InChI is InChI=1S/C10H12BrNOS/c1-7(14)10(13)12-6-8-4-2-3-5-9(8)11/h2-5,7,14H,6H2,1H3,(H,12,13). The van der Waals surface area contributed by atoms with Crippen molar-refractivity contribution < 1.29 is 4.79 Å². The average molecular weight is 274 g/mol. The second-order valence-electron chi connectivity index (χ2n) is 2.99. The molecule has 14 heavy (non-hydrogen) atoms. The minimum absolute atomic E-state index is 0.0518. The van der Waals surface area contributed by atoms with Crippen LogP contribution < -0.4 is 5.32 Å². The molecule has 4 heteroatoms. The molecule has 0 spiro atoms. The molecule has 0 bridgehead atoms. The van der Waals surface area contributed by atoms with Crippen molar-refractivity contribution in [3.8, 4) is 0 Å². The Morgan fingerprint density at radius 3 is 2.79 bits per heavy atom. The lowest BCUT2D eigenvalue weighted by atomic mass is 10.2. The van der Waals surface area contributed by atoms with Crippen LogP contribution in [0.25, 0.3) is 0 Å². The minimum Gasteiger partial charge on any atom is -0.351 e. The number of hydrogen-bond donors (Lipinski definition) is 2. The Balaban J connectivity index is 2.54. The number of halogens is 1. The molecule has 0 aliphatic heterocycles. The number of nitrogens with one attached hydrogen (secondary N) is 1. The summed E-state index contributed by atoms with van der Waals surface area (Å²) in [7, 11) is 0. The highest BCUT2D eigenvalue weighted by atomic mass is 79.9. The van der Waals surface area contributed by atoms with Gasteiger partial charge in [0.15, 0.2) is 0 Å². The van der Waals surface area contributed by atoms with Crippen LogP contribution in [-0.4, -0.2) is 11.2 Å². The van der Waals surface area contributed by atoms with Gasteiger partial charge in [-0.25, -0.2) is 0 Å². The number of thiol groups is 1. The van der Waals surface area contributed by atoms with E-state index in [1.807, 2.05) is 24.3 Å². The van der Waals surface area contributed by atoms with Gasteiger partial charge in [-0.05, 0) is 18.6 Å². The molecule has 2 nitrogen and oxygen atoms in total. The molecular weight excluding hydrogens is 262 g/mol. The van der Waals surface area contributed by atoms with E-state index in [9.17, 15) is 4.79 Å². The third-order valence-corrected chi connectivity index (χ3v) is 2.80. The van der Waals surface area contributed by atoms with Crippen LogP contribution in [0.5, 0.6) is 0 Å². The fourth-order valence-electron chi connectivity index (χ4n) is 0.972. The Kier molecular flexibility index (Phi) is 4.48. The van der Waals surface area contributed by atoms with Gasteiger partial charge in [-0.15, -0.1) is 0 Å². The maximum Gasteiger partial charge on any atom is 0.232 e. The zero-order valence-electron chi connectivity index (χ0n) is 7.83. The summed E-state index contributed by atoms with van der Waals surface area (Å²) in [6, 6.07) is 7.80. The molecule has 1 amide bonds. The molecule has 1 rings (SSSR count). The number of carbonyl (C=O) groups is 1. The van der Waals surface area contributed by atoms with Gasteiger partial charge < -0.3 is 5.32 Å². The van der Waals surface area contributed by atoms with Gasteiger partial charge in [-0.3, -0.25) is 4.79 Å². The van der Waals surface area contributed by atoms with Crippen molar-refractivity contribution in [2.45, 2.75) is 18.7 Å². The lowest BCUT2D eigenvalue weighted by Crippen LogP contribution is -2.29. The number of rotatable bonds is 3. The van der Waals surface area contributed by atoms with Crippen molar-refractivity contribution in [3.05, 3.63) is 34.3 Å². The topological polar surface area (TPSA) is 29.1 Å². The number of benzene rings is 1. The summed E-state index contributed by atoms with van der Waals surface area (Å²) >= 11 is 7.45. The highest BCUT2D eigenvalue weighted by Gasteiger charge is 2.07. The first kappa shape index (κ1) is 11.6. The average Bonchev–Trinajstić information content (AvgIpc) is 2.16. The van der Waals surface area contributed by atoms with E-state index >= 15 is 0 Å². The molecule has 0 saturated heterocycles. The van der Waals surface area contributed by atoms with E-state index in [-0.39, 0.29) is 11.2 Å². The molecule has 0 aliphatic rings. The van der Waals surface area contributed by atoms with Crippen LogP contribution in [0.1, 0.15) is 12.5 Å². The molecule has 76 valence electrons. The second-order valence-corrected chi connectivity index (χ2v) is 4.61. The first-order valence-electron chi connectivity index (χ1n) is 4.30. The van der Waals surface area contributed by atoms with Crippen LogP contribution in [0.3, 0.4) is 0 Å². The van der Waals surface area contributed by atoms with Crippen molar-refractivity contribution in [1.29, 1.82) is 0 Å². The highest BCUT2D eigenvalue weighted by Crippen LogP contribution is 2.15. The zero-order chi connectivity index (χ0) is 10.6. The summed E-state index contributed by atoms with van der Waals surface area (Å²) < 4.78 is 1.01. The molecule has 0 radical (unpaired) electrons. The maximum absolute atomic E-state index is 11.2. The molecule has 0 aliphatic carbocycles. The van der Waals surface area contributed by atoms with E-state index in [1.54, 1.807) is 6.92 Å². The smallest absolute Gasteiger partial charge is 0.232 e. The number of carbonyl (C=O) groups excluding carboxylic acids is 1. The fourth-order valence-corrected chi connectivity index (χ4v) is 1.49. The number of hydrogen-bond acceptors (Lipinski definition) is 2. The van der Waals surface area contributed by atoms with Crippen molar-refractivity contribution in [2.75, 3.05) is 0 Å². The number of amides is 1. The van der Waals surface area contributed by atoms with Crippen LogP contribution in [0.2, 0.25) is 0 Å². The Morgan fingerprint density at radius 1 is 1.57 bits per heavy atom. The molecule has 1 aromatic carbocycles. The van der Waals surface area contributed by atoms with Crippen LogP contribution in [-0.2, 0) is 11.3 Å². The summed E-state index contributed by atoms with van der Waals surface area (Å²) in [5.74, 6) is -0.0518. The largest absolute Gasteiger partial charge is 0.351 e. The van der Waals surface area contributed by atoms with Crippen molar-refractivity contribution in [3.63, 3.8) is 0 Å². The summed E-state index contributed by atoms with van der Waals surface area (Å²) in [6.07, 6.45) is 0. The molecule has 0 aromatic heterocycles. The normalized spacial score (nSPS) is 12.2. The van der Waals surface area contributed by atoms with Crippen LogP contribution in [0, 0.1) is 0 Å². The van der Waals surface area contributed by atoms with Crippen LogP contribution in [0.4, 0.5) is 0 Å². The quantitative estimate of drug-likeness (QED) is 0.814. The Bertz CT molecular complexity index is 328. The summed E-state index contributed by atoms with van der Waals surface area (Å²) in [5, 5.41) is 2.53. The van der Waals surface area contributed by atoms with Crippen LogP contribution >= 0.6 is 28.6 Å². The predicted molar refractivity (Wildman–Crippen MR) is 64.4 cm³/mol. The lowest BCUT2D eigenvalue weighted by Gasteiger charge is -2.08. The Hall–Kier alpha value is -0.480. The molecule has 1 N–H and O–H groups in total. The van der Waals surface area contributed by atoms with Gasteiger partial charge in [0.05, 0.1) is 5.25 Å².